The van der Waals surface area contributed by atoms with Gasteiger partial charge in [0.1, 0.15) is 0 Å². The number of hydrogen-bond donors (Lipinski definition) is 0. The van der Waals surface area contributed by atoms with Crippen molar-refractivity contribution in [2.24, 2.45) is 0 Å². The number of rotatable bonds is 2. The van der Waals surface area contributed by atoms with Gasteiger partial charge in [-0.05, 0) is 48.7 Å². The van der Waals surface area contributed by atoms with Crippen molar-refractivity contribution in [3.63, 3.8) is 0 Å². The van der Waals surface area contributed by atoms with Crippen molar-refractivity contribution < 1.29 is 14.4 Å². The molecule has 2 aliphatic rings. The van der Waals surface area contributed by atoms with Crippen LogP contribution in [0.4, 0.5) is 0 Å². The number of carbonyl (C=O) groups is 3. The molecule has 3 amide bonds. The Hall–Kier alpha value is -2.47. The number of amides is 3. The highest BCUT2D eigenvalue weighted by atomic mass is 79.9. The van der Waals surface area contributed by atoms with Gasteiger partial charge in [0.2, 0.25) is 0 Å². The Morgan fingerprint density at radius 2 is 1.73 bits per heavy atom. The summed E-state index contributed by atoms with van der Waals surface area (Å²) >= 11 is 3.43. The van der Waals surface area contributed by atoms with E-state index >= 15 is 0 Å². The van der Waals surface area contributed by atoms with E-state index in [9.17, 15) is 14.4 Å². The second kappa shape index (κ2) is 6.36. The number of hydrogen-bond acceptors (Lipinski definition) is 3. The van der Waals surface area contributed by atoms with E-state index in [0.29, 0.717) is 23.2 Å². The average molecular weight is 413 g/mol. The zero-order chi connectivity index (χ0) is 18.4. The fraction of sp³-hybridized carbons (Fsp3) is 0.250. The van der Waals surface area contributed by atoms with E-state index in [1.54, 1.807) is 18.2 Å². The van der Waals surface area contributed by atoms with Crippen molar-refractivity contribution in [1.29, 1.82) is 0 Å². The fourth-order valence-corrected chi connectivity index (χ4v) is 3.97. The van der Waals surface area contributed by atoms with Crippen LogP contribution in [0.5, 0.6) is 0 Å². The molecule has 1 fully saturated rings. The maximum Gasteiger partial charge on any atom is 0.261 e. The molecule has 2 aromatic carbocycles. The van der Waals surface area contributed by atoms with Gasteiger partial charge in [0.25, 0.3) is 17.7 Å². The van der Waals surface area contributed by atoms with Gasteiger partial charge in [-0.15, -0.1) is 0 Å². The van der Waals surface area contributed by atoms with Crippen molar-refractivity contribution in [3.8, 4) is 0 Å². The first-order valence-corrected chi connectivity index (χ1v) is 9.29. The van der Waals surface area contributed by atoms with E-state index in [1.807, 2.05) is 29.2 Å². The Kier molecular flexibility index (Phi) is 4.15. The molecule has 1 unspecified atom stereocenters. The van der Waals surface area contributed by atoms with Gasteiger partial charge in [0, 0.05) is 23.6 Å². The molecule has 4 rings (SSSR count). The maximum atomic E-state index is 13.1. The first-order chi connectivity index (χ1) is 12.5. The standard InChI is InChI=1S/C20H17BrN2O3/c1-22-19(25)15-9-6-13(11-16(15)20(22)26)18(24)23-10-2-3-17(23)12-4-7-14(21)8-5-12/h4-9,11,17H,2-3,10H2,1H3. The highest BCUT2D eigenvalue weighted by Gasteiger charge is 2.35. The molecule has 6 heteroatoms. The molecular weight excluding hydrogens is 396 g/mol. The molecule has 132 valence electrons. The highest BCUT2D eigenvalue weighted by molar-refractivity contribution is 9.10. The molecule has 0 aromatic heterocycles. The van der Waals surface area contributed by atoms with E-state index in [-0.39, 0.29) is 23.8 Å². The monoisotopic (exact) mass is 412 g/mol. The summed E-state index contributed by atoms with van der Waals surface area (Å²) in [6.07, 6.45) is 1.86. The topological polar surface area (TPSA) is 57.7 Å². The number of nitrogens with zero attached hydrogens (tertiary/aromatic N) is 2. The zero-order valence-electron chi connectivity index (χ0n) is 14.2. The largest absolute Gasteiger partial charge is 0.332 e. The molecule has 0 N–H and O–H groups in total. The third kappa shape index (κ3) is 2.65. The minimum Gasteiger partial charge on any atom is -0.332 e. The van der Waals surface area contributed by atoms with Crippen LogP contribution in [0, 0.1) is 0 Å². The van der Waals surface area contributed by atoms with Crippen molar-refractivity contribution in [3.05, 3.63) is 69.2 Å². The van der Waals surface area contributed by atoms with Gasteiger partial charge < -0.3 is 4.90 Å². The Bertz CT molecular complexity index is 923. The normalized spacial score (nSPS) is 19.2. The lowest BCUT2D eigenvalue weighted by atomic mass is 10.0. The van der Waals surface area contributed by atoms with Crippen molar-refractivity contribution in [2.45, 2.75) is 18.9 Å². The first-order valence-electron chi connectivity index (χ1n) is 8.50. The summed E-state index contributed by atoms with van der Waals surface area (Å²) in [6, 6.07) is 12.8. The van der Waals surface area contributed by atoms with Crippen LogP contribution < -0.4 is 0 Å². The van der Waals surface area contributed by atoms with Crippen LogP contribution in [0.3, 0.4) is 0 Å². The van der Waals surface area contributed by atoms with Crippen LogP contribution >= 0.6 is 15.9 Å². The highest BCUT2D eigenvalue weighted by Crippen LogP contribution is 2.34. The van der Waals surface area contributed by atoms with Crippen LogP contribution in [0.2, 0.25) is 0 Å². The van der Waals surface area contributed by atoms with Crippen molar-refractivity contribution >= 4 is 33.7 Å². The lowest BCUT2D eigenvalue weighted by Gasteiger charge is -2.25. The third-order valence-electron chi connectivity index (χ3n) is 5.11. The molecular formula is C20H17BrN2O3. The van der Waals surface area contributed by atoms with Gasteiger partial charge in [-0.1, -0.05) is 28.1 Å². The number of carbonyl (C=O) groups excluding carboxylic acids is 3. The van der Waals surface area contributed by atoms with Crippen molar-refractivity contribution in [1.82, 2.24) is 9.80 Å². The first kappa shape index (κ1) is 17.0. The van der Waals surface area contributed by atoms with Gasteiger partial charge in [-0.3, -0.25) is 19.3 Å². The van der Waals surface area contributed by atoms with Crippen LogP contribution in [0.1, 0.15) is 55.5 Å². The molecule has 2 heterocycles. The van der Waals surface area contributed by atoms with Crippen LogP contribution in [0.15, 0.2) is 46.9 Å². The van der Waals surface area contributed by atoms with Gasteiger partial charge in [-0.25, -0.2) is 0 Å². The molecule has 2 aliphatic heterocycles. The quantitative estimate of drug-likeness (QED) is 0.707. The fourth-order valence-electron chi connectivity index (χ4n) is 3.70. The Balaban J connectivity index is 1.65. The SMILES string of the molecule is CN1C(=O)c2ccc(C(=O)N3CCCC3c3ccc(Br)cc3)cc2C1=O. The van der Waals surface area contributed by atoms with Crippen molar-refractivity contribution in [2.75, 3.05) is 13.6 Å². The van der Waals surface area contributed by atoms with E-state index in [2.05, 4.69) is 15.9 Å². The lowest BCUT2D eigenvalue weighted by Crippen LogP contribution is -2.30. The predicted octanol–water partition coefficient (Wildman–Crippen LogP) is 3.65. The van der Waals surface area contributed by atoms with Crippen LogP contribution in [-0.4, -0.2) is 41.1 Å². The summed E-state index contributed by atoms with van der Waals surface area (Å²) in [5, 5.41) is 0. The predicted molar refractivity (Wildman–Crippen MR) is 100 cm³/mol. The van der Waals surface area contributed by atoms with Gasteiger partial charge in [0.15, 0.2) is 0 Å². The Morgan fingerprint density at radius 1 is 1.04 bits per heavy atom. The summed E-state index contributed by atoms with van der Waals surface area (Å²) in [5.74, 6) is -0.781. The summed E-state index contributed by atoms with van der Waals surface area (Å²) < 4.78 is 1.00. The molecule has 26 heavy (non-hydrogen) atoms. The maximum absolute atomic E-state index is 13.1. The Labute approximate surface area is 159 Å². The molecule has 0 saturated carbocycles. The van der Waals surface area contributed by atoms with E-state index in [1.165, 1.54) is 7.05 Å². The molecule has 1 saturated heterocycles. The van der Waals surface area contributed by atoms with Gasteiger partial charge in [-0.2, -0.15) is 0 Å². The number of halogens is 1. The molecule has 0 aliphatic carbocycles. The lowest BCUT2D eigenvalue weighted by molar-refractivity contribution is 0.0692. The van der Waals surface area contributed by atoms with Crippen LogP contribution in [0.25, 0.3) is 0 Å². The number of benzene rings is 2. The number of likely N-dealkylation sites (tertiary alicyclic amines) is 1. The summed E-state index contributed by atoms with van der Waals surface area (Å²) in [4.78, 5) is 40.2. The zero-order valence-corrected chi connectivity index (χ0v) is 15.8. The third-order valence-corrected chi connectivity index (χ3v) is 5.63. The minimum absolute atomic E-state index is 0.0314. The number of imide groups is 1. The molecule has 0 spiro atoms. The summed E-state index contributed by atoms with van der Waals surface area (Å²) in [5.41, 5.74) is 2.22. The van der Waals surface area contributed by atoms with E-state index in [4.69, 9.17) is 0 Å². The molecule has 0 radical (unpaired) electrons. The van der Waals surface area contributed by atoms with Gasteiger partial charge >= 0.3 is 0 Å². The van der Waals surface area contributed by atoms with E-state index < -0.39 is 0 Å². The van der Waals surface area contributed by atoms with Gasteiger partial charge in [0.05, 0.1) is 17.2 Å². The van der Waals surface area contributed by atoms with E-state index in [0.717, 1.165) is 27.8 Å². The number of fused-ring (bicyclic) bond motifs is 1. The smallest absolute Gasteiger partial charge is 0.261 e. The molecule has 1 atom stereocenters. The Morgan fingerprint density at radius 3 is 2.46 bits per heavy atom. The van der Waals surface area contributed by atoms with Crippen LogP contribution in [-0.2, 0) is 0 Å². The summed E-state index contributed by atoms with van der Waals surface area (Å²) in [6.45, 7) is 0.684. The molecule has 5 nitrogen and oxygen atoms in total. The second-order valence-electron chi connectivity index (χ2n) is 6.64. The molecule has 0 bridgehead atoms. The summed E-state index contributed by atoms with van der Waals surface area (Å²) in [7, 11) is 1.45. The second-order valence-corrected chi connectivity index (χ2v) is 7.55. The minimum atomic E-state index is -0.356. The molecule has 2 aromatic rings. The average Bonchev–Trinajstić information content (AvgIpc) is 3.22.